The fourth-order valence-electron chi connectivity index (χ4n) is 3.02. The number of benzene rings is 2. The van der Waals surface area contributed by atoms with Crippen molar-refractivity contribution >= 4 is 14.0 Å². The Bertz CT molecular complexity index is 753. The van der Waals surface area contributed by atoms with Crippen LogP contribution in [0.3, 0.4) is 0 Å². The molecule has 0 aliphatic rings. The molecular formula is C24H28Si. The standard InChI is InChI=1S/C24H28Si/c1-5-6-18-25(23-15-8-7-9-16-23)19-12-14-20(2)22(4)24-17-11-10-13-21(24)3/h5-18,22,25H,1-2,19H2,3-4H3. The van der Waals surface area contributed by atoms with Crippen molar-refractivity contribution in [2.75, 3.05) is 0 Å². The van der Waals surface area contributed by atoms with Gasteiger partial charge in [0, 0.05) is 5.92 Å². The van der Waals surface area contributed by atoms with Gasteiger partial charge in [-0.1, -0.05) is 110 Å². The fourth-order valence-corrected chi connectivity index (χ4v) is 5.24. The third-order valence-corrected chi connectivity index (χ3v) is 7.35. The maximum atomic E-state index is 4.30. The molecule has 2 atom stereocenters. The van der Waals surface area contributed by atoms with E-state index in [0.717, 1.165) is 6.04 Å². The minimum absolute atomic E-state index is 0.345. The van der Waals surface area contributed by atoms with Crippen molar-refractivity contribution in [1.29, 1.82) is 0 Å². The zero-order chi connectivity index (χ0) is 18.1. The minimum Gasteiger partial charge on any atom is -0.0991 e. The topological polar surface area (TPSA) is 0 Å². The van der Waals surface area contributed by atoms with E-state index in [1.165, 1.54) is 21.9 Å². The third-order valence-electron chi connectivity index (χ3n) is 4.64. The molecule has 0 aliphatic carbocycles. The van der Waals surface area contributed by atoms with Crippen molar-refractivity contribution in [2.24, 2.45) is 0 Å². The lowest BCUT2D eigenvalue weighted by atomic mass is 9.90. The van der Waals surface area contributed by atoms with Gasteiger partial charge >= 0.3 is 0 Å². The van der Waals surface area contributed by atoms with Crippen LogP contribution in [-0.4, -0.2) is 8.80 Å². The van der Waals surface area contributed by atoms with Crippen molar-refractivity contribution in [2.45, 2.75) is 25.8 Å². The monoisotopic (exact) mass is 344 g/mol. The quantitative estimate of drug-likeness (QED) is 0.430. The molecule has 0 amide bonds. The second kappa shape index (κ2) is 9.80. The first-order chi connectivity index (χ1) is 12.1. The van der Waals surface area contributed by atoms with Gasteiger partial charge in [-0.25, -0.2) is 0 Å². The Balaban J connectivity index is 2.06. The van der Waals surface area contributed by atoms with Crippen LogP contribution >= 0.6 is 0 Å². The summed E-state index contributed by atoms with van der Waals surface area (Å²) in [6, 6.07) is 20.5. The molecule has 0 nitrogen and oxygen atoms in total. The summed E-state index contributed by atoms with van der Waals surface area (Å²) in [6.45, 7) is 12.5. The molecular weight excluding hydrogens is 316 g/mol. The van der Waals surface area contributed by atoms with Crippen molar-refractivity contribution in [3.8, 4) is 0 Å². The fraction of sp³-hybridized carbons (Fsp3) is 0.167. The van der Waals surface area contributed by atoms with Crippen LogP contribution in [-0.2, 0) is 0 Å². The Morgan fingerprint density at radius 1 is 1.08 bits per heavy atom. The lowest BCUT2D eigenvalue weighted by Gasteiger charge is -2.15. The van der Waals surface area contributed by atoms with Gasteiger partial charge in [-0.15, -0.1) is 0 Å². The average Bonchev–Trinajstić information content (AvgIpc) is 2.65. The molecule has 2 aromatic carbocycles. The van der Waals surface area contributed by atoms with E-state index in [1.807, 2.05) is 6.08 Å². The molecule has 25 heavy (non-hydrogen) atoms. The highest BCUT2D eigenvalue weighted by molar-refractivity contribution is 6.78. The zero-order valence-corrected chi connectivity index (χ0v) is 16.5. The molecule has 0 aromatic heterocycles. The van der Waals surface area contributed by atoms with E-state index in [1.54, 1.807) is 0 Å². The zero-order valence-electron chi connectivity index (χ0n) is 15.4. The first-order valence-electron chi connectivity index (χ1n) is 8.88. The maximum absolute atomic E-state index is 4.30. The van der Waals surface area contributed by atoms with E-state index in [-0.39, 0.29) is 0 Å². The van der Waals surface area contributed by atoms with Crippen LogP contribution in [0, 0.1) is 6.92 Å². The summed E-state index contributed by atoms with van der Waals surface area (Å²) in [5.41, 5.74) is 6.21. The third kappa shape index (κ3) is 5.58. The summed E-state index contributed by atoms with van der Waals surface area (Å²) >= 11 is 0. The second-order valence-electron chi connectivity index (χ2n) is 6.43. The molecule has 0 heterocycles. The smallest absolute Gasteiger partial charge is 0.0977 e. The Morgan fingerprint density at radius 3 is 2.44 bits per heavy atom. The van der Waals surface area contributed by atoms with E-state index in [2.05, 4.69) is 106 Å². The first kappa shape index (κ1) is 18.9. The number of aryl methyl sites for hydroxylation is 1. The Hall–Kier alpha value is -2.38. The van der Waals surface area contributed by atoms with Crippen molar-refractivity contribution in [3.05, 3.63) is 114 Å². The highest BCUT2D eigenvalue weighted by atomic mass is 28.3. The Labute approximate surface area is 154 Å². The summed E-state index contributed by atoms with van der Waals surface area (Å²) < 4.78 is 0. The normalized spacial score (nSPS) is 13.8. The highest BCUT2D eigenvalue weighted by Crippen LogP contribution is 2.26. The predicted octanol–water partition coefficient (Wildman–Crippen LogP) is 5.63. The van der Waals surface area contributed by atoms with E-state index >= 15 is 0 Å². The van der Waals surface area contributed by atoms with Crippen LogP contribution in [0.5, 0.6) is 0 Å². The second-order valence-corrected chi connectivity index (χ2v) is 9.16. The van der Waals surface area contributed by atoms with Crippen LogP contribution in [0.2, 0.25) is 6.04 Å². The molecule has 2 unspecified atom stereocenters. The van der Waals surface area contributed by atoms with Crippen LogP contribution in [0.4, 0.5) is 0 Å². The molecule has 0 bridgehead atoms. The molecule has 1 heteroatoms. The molecule has 128 valence electrons. The van der Waals surface area contributed by atoms with Crippen molar-refractivity contribution < 1.29 is 0 Å². The van der Waals surface area contributed by atoms with Gasteiger partial charge in [-0.2, -0.15) is 0 Å². The lowest BCUT2D eigenvalue weighted by molar-refractivity contribution is 0.913. The summed E-state index contributed by atoms with van der Waals surface area (Å²) in [6.07, 6.45) is 8.46. The first-order valence-corrected chi connectivity index (χ1v) is 10.9. The molecule has 0 saturated heterocycles. The van der Waals surface area contributed by atoms with Crippen molar-refractivity contribution in [1.82, 2.24) is 0 Å². The Morgan fingerprint density at radius 2 is 1.76 bits per heavy atom. The van der Waals surface area contributed by atoms with Gasteiger partial charge in [0.2, 0.25) is 0 Å². The van der Waals surface area contributed by atoms with Gasteiger partial charge in [0.15, 0.2) is 0 Å². The number of allylic oxidation sites excluding steroid dienone is 5. The minimum atomic E-state index is -1.16. The largest absolute Gasteiger partial charge is 0.0991 e. The van der Waals surface area contributed by atoms with E-state index in [4.69, 9.17) is 0 Å². The summed E-state index contributed by atoms with van der Waals surface area (Å²) in [4.78, 5) is 0. The summed E-state index contributed by atoms with van der Waals surface area (Å²) in [7, 11) is -1.16. The molecule has 0 saturated carbocycles. The van der Waals surface area contributed by atoms with Crippen LogP contribution < -0.4 is 5.19 Å². The van der Waals surface area contributed by atoms with Crippen LogP contribution in [0.15, 0.2) is 103 Å². The van der Waals surface area contributed by atoms with E-state index in [9.17, 15) is 0 Å². The summed E-state index contributed by atoms with van der Waals surface area (Å²) in [5, 5.41) is 1.46. The van der Waals surface area contributed by atoms with Gasteiger partial charge in [-0.05, 0) is 29.7 Å². The van der Waals surface area contributed by atoms with Gasteiger partial charge in [0.05, 0.1) is 8.80 Å². The highest BCUT2D eigenvalue weighted by Gasteiger charge is 2.10. The molecule has 0 fully saturated rings. The van der Waals surface area contributed by atoms with Gasteiger partial charge in [0.1, 0.15) is 0 Å². The summed E-state index contributed by atoms with van der Waals surface area (Å²) in [5.74, 6) is 0.345. The van der Waals surface area contributed by atoms with Crippen LogP contribution in [0.25, 0.3) is 0 Å². The maximum Gasteiger partial charge on any atom is 0.0977 e. The van der Waals surface area contributed by atoms with Gasteiger partial charge in [0.25, 0.3) is 0 Å². The lowest BCUT2D eigenvalue weighted by Crippen LogP contribution is -2.27. The number of hydrogen-bond donors (Lipinski definition) is 0. The average molecular weight is 345 g/mol. The van der Waals surface area contributed by atoms with Crippen molar-refractivity contribution in [3.63, 3.8) is 0 Å². The number of hydrogen-bond acceptors (Lipinski definition) is 0. The molecule has 0 radical (unpaired) electrons. The molecule has 2 rings (SSSR count). The molecule has 0 N–H and O–H groups in total. The SMILES string of the molecule is C=CC=C[SiH](CC=CC(=C)C(C)c1ccccc1C)c1ccccc1. The molecule has 0 aliphatic heterocycles. The Kier molecular flexibility index (Phi) is 7.43. The predicted molar refractivity (Wildman–Crippen MR) is 115 cm³/mol. The molecule has 2 aromatic rings. The van der Waals surface area contributed by atoms with E-state index in [0.29, 0.717) is 5.92 Å². The van der Waals surface area contributed by atoms with Gasteiger partial charge in [-0.3, -0.25) is 0 Å². The van der Waals surface area contributed by atoms with Gasteiger partial charge < -0.3 is 0 Å². The van der Waals surface area contributed by atoms with Crippen LogP contribution in [0.1, 0.15) is 24.0 Å². The van der Waals surface area contributed by atoms with E-state index < -0.39 is 8.80 Å². The molecule has 0 spiro atoms. The number of rotatable bonds is 8.